The molecular formula is C25H32N2O4. The fraction of sp³-hybridized carbons (Fsp3) is 0.480. The van der Waals surface area contributed by atoms with Crippen molar-refractivity contribution >= 4 is 17.6 Å². The maximum Gasteiger partial charge on any atom is 0.286 e. The summed E-state index contributed by atoms with van der Waals surface area (Å²) in [5.41, 5.74) is 2.02. The Morgan fingerprint density at radius 2 is 1.81 bits per heavy atom. The summed E-state index contributed by atoms with van der Waals surface area (Å²) in [7, 11) is 0. The Morgan fingerprint density at radius 1 is 1.10 bits per heavy atom. The van der Waals surface area contributed by atoms with Crippen molar-refractivity contribution in [3.8, 4) is 0 Å². The van der Waals surface area contributed by atoms with Crippen molar-refractivity contribution in [2.45, 2.75) is 46.0 Å². The molecule has 1 aliphatic heterocycles. The average Bonchev–Trinajstić information content (AvgIpc) is 3.31. The molecule has 166 valence electrons. The standard InChI is InChI=1S/C25H32N2O4/c1-18(2)17-19-7-9-20(10-8-19)24(29)21-11-14-27(15-12-21)23(28)6-3-13-26-25(30)22-5-4-16-31-22/h4-5,7-10,16,18,21H,3,6,11-15,17H2,1-2H3,(H,26,30). The molecule has 6 heteroatoms. The van der Waals surface area contributed by atoms with Gasteiger partial charge in [-0.15, -0.1) is 0 Å². The van der Waals surface area contributed by atoms with Gasteiger partial charge in [-0.05, 0) is 49.3 Å². The second-order valence-electron chi connectivity index (χ2n) is 8.65. The molecule has 1 aliphatic rings. The largest absolute Gasteiger partial charge is 0.459 e. The van der Waals surface area contributed by atoms with Crippen molar-refractivity contribution in [3.05, 3.63) is 59.5 Å². The first-order valence-corrected chi connectivity index (χ1v) is 11.2. The zero-order valence-electron chi connectivity index (χ0n) is 18.4. The number of likely N-dealkylation sites (tertiary alicyclic amines) is 1. The highest BCUT2D eigenvalue weighted by Gasteiger charge is 2.27. The van der Waals surface area contributed by atoms with Gasteiger partial charge in [-0.1, -0.05) is 38.1 Å². The Balaban J connectivity index is 1.38. The number of nitrogens with zero attached hydrogens (tertiary/aromatic N) is 1. The van der Waals surface area contributed by atoms with Crippen molar-refractivity contribution in [2.75, 3.05) is 19.6 Å². The van der Waals surface area contributed by atoms with E-state index in [4.69, 9.17) is 4.42 Å². The SMILES string of the molecule is CC(C)Cc1ccc(C(=O)C2CCN(C(=O)CCCNC(=O)c3ccco3)CC2)cc1. The number of carbonyl (C=O) groups is 3. The van der Waals surface area contributed by atoms with E-state index < -0.39 is 0 Å². The van der Waals surface area contributed by atoms with Gasteiger partial charge in [0.15, 0.2) is 11.5 Å². The predicted molar refractivity (Wildman–Crippen MR) is 119 cm³/mol. The molecule has 1 saturated heterocycles. The van der Waals surface area contributed by atoms with Crippen LogP contribution in [0.1, 0.15) is 66.0 Å². The number of nitrogens with one attached hydrogen (secondary N) is 1. The summed E-state index contributed by atoms with van der Waals surface area (Å²) in [6.45, 7) is 6.02. The van der Waals surface area contributed by atoms with Gasteiger partial charge in [0, 0.05) is 37.5 Å². The van der Waals surface area contributed by atoms with Crippen molar-refractivity contribution in [2.24, 2.45) is 11.8 Å². The smallest absolute Gasteiger partial charge is 0.286 e. The van der Waals surface area contributed by atoms with E-state index in [9.17, 15) is 14.4 Å². The monoisotopic (exact) mass is 424 g/mol. The molecule has 1 aromatic carbocycles. The van der Waals surface area contributed by atoms with E-state index in [1.54, 1.807) is 12.1 Å². The third-order valence-corrected chi connectivity index (χ3v) is 5.70. The van der Waals surface area contributed by atoms with E-state index in [0.29, 0.717) is 51.2 Å². The number of piperidine rings is 1. The van der Waals surface area contributed by atoms with Gasteiger partial charge in [0.1, 0.15) is 0 Å². The van der Waals surface area contributed by atoms with E-state index >= 15 is 0 Å². The molecule has 0 radical (unpaired) electrons. The van der Waals surface area contributed by atoms with Crippen LogP contribution in [0.3, 0.4) is 0 Å². The summed E-state index contributed by atoms with van der Waals surface area (Å²) in [5, 5.41) is 2.75. The van der Waals surface area contributed by atoms with Crippen molar-refractivity contribution in [3.63, 3.8) is 0 Å². The van der Waals surface area contributed by atoms with Gasteiger partial charge in [0.05, 0.1) is 6.26 Å². The maximum atomic E-state index is 12.8. The number of carbonyl (C=O) groups excluding carboxylic acids is 3. The van der Waals surface area contributed by atoms with Gasteiger partial charge in [0.2, 0.25) is 5.91 Å². The number of ketones is 1. The summed E-state index contributed by atoms with van der Waals surface area (Å²) in [5.74, 6) is 0.838. The number of hydrogen-bond donors (Lipinski definition) is 1. The van der Waals surface area contributed by atoms with E-state index in [1.807, 2.05) is 17.0 Å². The minimum atomic E-state index is -0.269. The summed E-state index contributed by atoms with van der Waals surface area (Å²) >= 11 is 0. The molecule has 6 nitrogen and oxygen atoms in total. The van der Waals surface area contributed by atoms with Crippen LogP contribution in [-0.4, -0.2) is 42.1 Å². The maximum absolute atomic E-state index is 12.8. The number of benzene rings is 1. The molecule has 0 bridgehead atoms. The van der Waals surface area contributed by atoms with Crippen LogP contribution in [0.15, 0.2) is 47.1 Å². The van der Waals surface area contributed by atoms with Crippen LogP contribution < -0.4 is 5.32 Å². The van der Waals surface area contributed by atoms with Crippen LogP contribution in [0.2, 0.25) is 0 Å². The molecule has 31 heavy (non-hydrogen) atoms. The second kappa shape index (κ2) is 10.9. The summed E-state index contributed by atoms with van der Waals surface area (Å²) in [4.78, 5) is 38.9. The highest BCUT2D eigenvalue weighted by atomic mass is 16.3. The lowest BCUT2D eigenvalue weighted by Gasteiger charge is -2.31. The lowest BCUT2D eigenvalue weighted by Crippen LogP contribution is -2.40. The molecule has 0 atom stereocenters. The number of furan rings is 1. The van der Waals surface area contributed by atoms with E-state index in [2.05, 4.69) is 31.3 Å². The lowest BCUT2D eigenvalue weighted by molar-refractivity contribution is -0.132. The molecule has 1 fully saturated rings. The molecule has 2 amide bonds. The Labute approximate surface area is 184 Å². The molecule has 0 spiro atoms. The Bertz CT molecular complexity index is 863. The molecule has 3 rings (SSSR count). The third-order valence-electron chi connectivity index (χ3n) is 5.70. The Kier molecular flexibility index (Phi) is 8.04. The minimum absolute atomic E-state index is 0.0208. The normalized spacial score (nSPS) is 14.6. The van der Waals surface area contributed by atoms with Crippen molar-refractivity contribution in [1.82, 2.24) is 10.2 Å². The van der Waals surface area contributed by atoms with Crippen LogP contribution >= 0.6 is 0 Å². The summed E-state index contributed by atoms with van der Waals surface area (Å²) < 4.78 is 5.04. The minimum Gasteiger partial charge on any atom is -0.459 e. The van der Waals surface area contributed by atoms with Crippen LogP contribution in [0, 0.1) is 11.8 Å². The molecule has 0 unspecified atom stereocenters. The van der Waals surface area contributed by atoms with Gasteiger partial charge in [-0.3, -0.25) is 14.4 Å². The lowest BCUT2D eigenvalue weighted by atomic mass is 9.88. The predicted octanol–water partition coefficient (Wildman–Crippen LogP) is 4.11. The van der Waals surface area contributed by atoms with E-state index in [-0.39, 0.29) is 29.3 Å². The zero-order chi connectivity index (χ0) is 22.2. The summed E-state index contributed by atoms with van der Waals surface area (Å²) in [6, 6.07) is 11.2. The van der Waals surface area contributed by atoms with Gasteiger partial charge in [-0.25, -0.2) is 0 Å². The van der Waals surface area contributed by atoms with E-state index in [1.165, 1.54) is 11.8 Å². The van der Waals surface area contributed by atoms with Gasteiger partial charge in [0.25, 0.3) is 5.91 Å². The van der Waals surface area contributed by atoms with Crippen LogP contribution in [0.4, 0.5) is 0 Å². The first kappa shape index (κ1) is 22.8. The van der Waals surface area contributed by atoms with Gasteiger partial charge >= 0.3 is 0 Å². The van der Waals surface area contributed by atoms with Crippen molar-refractivity contribution in [1.29, 1.82) is 0 Å². The number of amides is 2. The van der Waals surface area contributed by atoms with Gasteiger partial charge in [-0.2, -0.15) is 0 Å². The molecule has 0 saturated carbocycles. The number of Topliss-reactive ketones (excluding diaryl/α,β-unsaturated/α-hetero) is 1. The third kappa shape index (κ3) is 6.54. The highest BCUT2D eigenvalue weighted by molar-refractivity contribution is 5.98. The highest BCUT2D eigenvalue weighted by Crippen LogP contribution is 2.23. The molecule has 1 N–H and O–H groups in total. The first-order chi connectivity index (χ1) is 14.9. The second-order valence-corrected chi connectivity index (χ2v) is 8.65. The zero-order valence-corrected chi connectivity index (χ0v) is 18.4. The topological polar surface area (TPSA) is 79.6 Å². The van der Waals surface area contributed by atoms with Gasteiger partial charge < -0.3 is 14.6 Å². The molecule has 0 aliphatic carbocycles. The average molecular weight is 425 g/mol. The van der Waals surface area contributed by atoms with Crippen LogP contribution in [0.5, 0.6) is 0 Å². The summed E-state index contributed by atoms with van der Waals surface area (Å²) in [6.07, 6.45) is 4.83. The molecule has 2 heterocycles. The van der Waals surface area contributed by atoms with Crippen LogP contribution in [0.25, 0.3) is 0 Å². The molecule has 2 aromatic rings. The number of hydrogen-bond acceptors (Lipinski definition) is 4. The van der Waals surface area contributed by atoms with E-state index in [0.717, 1.165) is 12.0 Å². The quantitative estimate of drug-likeness (QED) is 0.485. The number of rotatable bonds is 9. The first-order valence-electron chi connectivity index (χ1n) is 11.2. The fourth-order valence-corrected chi connectivity index (χ4v) is 4.00. The fourth-order valence-electron chi connectivity index (χ4n) is 4.00. The molecule has 1 aromatic heterocycles. The van der Waals surface area contributed by atoms with Crippen molar-refractivity contribution < 1.29 is 18.8 Å². The molecular weight excluding hydrogens is 392 g/mol. The Morgan fingerprint density at radius 3 is 2.42 bits per heavy atom. The van der Waals surface area contributed by atoms with Crippen LogP contribution in [-0.2, 0) is 11.2 Å². The Hall–Kier alpha value is -2.89.